The highest BCUT2D eigenvalue weighted by atomic mass is 16.4. The van der Waals surface area contributed by atoms with Crippen molar-refractivity contribution in [2.45, 2.75) is 64.2 Å². The summed E-state index contributed by atoms with van der Waals surface area (Å²) in [7, 11) is 0. The van der Waals surface area contributed by atoms with Crippen molar-refractivity contribution in [3.8, 4) is 0 Å². The maximum atomic E-state index is 10.3. The molecule has 0 bridgehead atoms. The minimum absolute atomic E-state index is 0.257. The molecular weight excluding hydrogens is 286 g/mol. The van der Waals surface area contributed by atoms with Crippen molar-refractivity contribution in [1.29, 1.82) is 0 Å². The average molecular weight is 319 g/mol. The molecule has 3 N–H and O–H groups in total. The van der Waals surface area contributed by atoms with Crippen molar-refractivity contribution in [2.24, 2.45) is 5.73 Å². The molecule has 0 aromatic heterocycles. The van der Waals surface area contributed by atoms with Gasteiger partial charge in [-0.2, -0.15) is 0 Å². The highest BCUT2D eigenvalue weighted by Crippen LogP contribution is 2.01. The molecule has 0 fully saturated rings. The van der Waals surface area contributed by atoms with Gasteiger partial charge < -0.3 is 10.8 Å². The molecule has 0 radical (unpaired) electrons. The molecule has 3 nitrogen and oxygen atoms in total. The summed E-state index contributed by atoms with van der Waals surface area (Å²) in [4.78, 5) is 10.3. The van der Waals surface area contributed by atoms with Crippen LogP contribution in [0.3, 0.4) is 0 Å². The van der Waals surface area contributed by atoms with Crippen molar-refractivity contribution in [2.75, 3.05) is 6.54 Å². The fourth-order valence-corrected chi connectivity index (χ4v) is 2.00. The zero-order chi connectivity index (χ0) is 17.0. The number of carboxylic acid groups (broad SMARTS) is 1. The zero-order valence-corrected chi connectivity index (χ0v) is 14.3. The lowest BCUT2D eigenvalue weighted by Gasteiger charge is -1.93. The van der Waals surface area contributed by atoms with E-state index in [0.29, 0.717) is 0 Å². The van der Waals surface area contributed by atoms with Gasteiger partial charge in [-0.25, -0.2) is 0 Å². The first kappa shape index (κ1) is 21.4. The standard InChI is InChI=1S/C20H33NO2/c21-19-17-15-13-11-9-7-5-3-1-2-4-6-8-10-12-14-16-18-20(22)23/h1,3-4,6-7,9-10,12H,2,5,8,11,13-19,21H2,(H,22,23). The minimum atomic E-state index is -0.716. The molecule has 0 saturated carbocycles. The molecule has 0 spiro atoms. The maximum Gasteiger partial charge on any atom is 0.303 e. The van der Waals surface area contributed by atoms with Crippen LogP contribution in [0.15, 0.2) is 48.6 Å². The van der Waals surface area contributed by atoms with E-state index >= 15 is 0 Å². The van der Waals surface area contributed by atoms with E-state index in [9.17, 15) is 4.79 Å². The molecule has 0 aromatic rings. The maximum absolute atomic E-state index is 10.3. The SMILES string of the molecule is NCCCCCC=CCC=CCC=CCC=CCCCC(=O)O. The Bertz CT molecular complexity index is 381. The molecular formula is C20H33NO2. The van der Waals surface area contributed by atoms with Crippen molar-refractivity contribution >= 4 is 5.97 Å². The van der Waals surface area contributed by atoms with E-state index in [0.717, 1.165) is 51.5 Å². The summed E-state index contributed by atoms with van der Waals surface area (Å²) in [6.07, 6.45) is 26.8. The minimum Gasteiger partial charge on any atom is -0.481 e. The van der Waals surface area contributed by atoms with E-state index < -0.39 is 5.97 Å². The van der Waals surface area contributed by atoms with Gasteiger partial charge >= 0.3 is 5.97 Å². The van der Waals surface area contributed by atoms with E-state index in [4.69, 9.17) is 10.8 Å². The summed E-state index contributed by atoms with van der Waals surface area (Å²) in [6.45, 7) is 0.806. The first-order valence-corrected chi connectivity index (χ1v) is 8.79. The van der Waals surface area contributed by atoms with Crippen LogP contribution in [0.4, 0.5) is 0 Å². The first-order valence-electron chi connectivity index (χ1n) is 8.79. The Morgan fingerprint density at radius 1 is 0.696 bits per heavy atom. The van der Waals surface area contributed by atoms with Gasteiger partial charge in [0.15, 0.2) is 0 Å². The number of aliphatic carboxylic acids is 1. The van der Waals surface area contributed by atoms with Gasteiger partial charge in [0.25, 0.3) is 0 Å². The number of hydrogen-bond acceptors (Lipinski definition) is 2. The second-order valence-corrected chi connectivity index (χ2v) is 5.52. The fourth-order valence-electron chi connectivity index (χ4n) is 2.00. The van der Waals surface area contributed by atoms with Crippen LogP contribution in [0, 0.1) is 0 Å². The number of hydrogen-bond donors (Lipinski definition) is 2. The Hall–Kier alpha value is -1.61. The number of nitrogens with two attached hydrogens (primary N) is 1. The molecule has 130 valence electrons. The van der Waals surface area contributed by atoms with Crippen molar-refractivity contribution in [3.05, 3.63) is 48.6 Å². The second-order valence-electron chi connectivity index (χ2n) is 5.52. The number of unbranched alkanes of at least 4 members (excludes halogenated alkanes) is 4. The average Bonchev–Trinajstić information content (AvgIpc) is 2.53. The molecule has 0 aliphatic rings. The normalized spacial score (nSPS) is 12.4. The number of rotatable bonds is 15. The van der Waals surface area contributed by atoms with E-state index in [-0.39, 0.29) is 6.42 Å². The van der Waals surface area contributed by atoms with E-state index in [1.54, 1.807) is 0 Å². The summed E-state index contributed by atoms with van der Waals surface area (Å²) in [5.74, 6) is -0.716. The molecule has 0 aliphatic carbocycles. The van der Waals surface area contributed by atoms with Crippen LogP contribution in [0.1, 0.15) is 64.2 Å². The van der Waals surface area contributed by atoms with Crippen LogP contribution in [0.5, 0.6) is 0 Å². The quantitative estimate of drug-likeness (QED) is 0.324. The summed E-state index contributed by atoms with van der Waals surface area (Å²) in [6, 6.07) is 0. The lowest BCUT2D eigenvalue weighted by Crippen LogP contribution is -1.97. The molecule has 0 aromatic carbocycles. The van der Waals surface area contributed by atoms with Crippen LogP contribution in [-0.4, -0.2) is 17.6 Å². The Kier molecular flexibility index (Phi) is 17.1. The van der Waals surface area contributed by atoms with Crippen LogP contribution in [0.25, 0.3) is 0 Å². The van der Waals surface area contributed by atoms with Gasteiger partial charge in [0.2, 0.25) is 0 Å². The van der Waals surface area contributed by atoms with Gasteiger partial charge in [-0.1, -0.05) is 55.0 Å². The lowest BCUT2D eigenvalue weighted by molar-refractivity contribution is -0.137. The monoisotopic (exact) mass is 319 g/mol. The Labute approximate surface area is 141 Å². The third-order valence-corrected chi connectivity index (χ3v) is 3.32. The summed E-state index contributed by atoms with van der Waals surface area (Å²) >= 11 is 0. The molecule has 0 atom stereocenters. The molecule has 0 amide bonds. The number of allylic oxidation sites excluding steroid dienone is 8. The third-order valence-electron chi connectivity index (χ3n) is 3.32. The van der Waals surface area contributed by atoms with Gasteiger partial charge in [0.1, 0.15) is 0 Å². The highest BCUT2D eigenvalue weighted by molar-refractivity contribution is 5.66. The topological polar surface area (TPSA) is 63.3 Å². The van der Waals surface area contributed by atoms with Gasteiger partial charge in [-0.3, -0.25) is 4.79 Å². The van der Waals surface area contributed by atoms with E-state index in [2.05, 4.69) is 48.6 Å². The van der Waals surface area contributed by atoms with Crippen LogP contribution >= 0.6 is 0 Å². The van der Waals surface area contributed by atoms with Crippen LogP contribution in [-0.2, 0) is 4.79 Å². The zero-order valence-electron chi connectivity index (χ0n) is 14.3. The summed E-state index contributed by atoms with van der Waals surface area (Å²) in [5.41, 5.74) is 5.45. The van der Waals surface area contributed by atoms with Crippen LogP contribution < -0.4 is 5.73 Å². The summed E-state index contributed by atoms with van der Waals surface area (Å²) in [5, 5.41) is 8.50. The second kappa shape index (κ2) is 18.4. The van der Waals surface area contributed by atoms with Gasteiger partial charge in [-0.05, 0) is 57.9 Å². The summed E-state index contributed by atoms with van der Waals surface area (Å²) < 4.78 is 0. The van der Waals surface area contributed by atoms with Crippen molar-refractivity contribution in [3.63, 3.8) is 0 Å². The molecule has 3 heteroatoms. The molecule has 0 rings (SSSR count). The Morgan fingerprint density at radius 3 is 1.65 bits per heavy atom. The lowest BCUT2D eigenvalue weighted by atomic mass is 10.2. The van der Waals surface area contributed by atoms with Gasteiger partial charge in [0, 0.05) is 6.42 Å². The first-order chi connectivity index (χ1) is 11.3. The van der Waals surface area contributed by atoms with Gasteiger partial charge in [-0.15, -0.1) is 0 Å². The molecule has 0 saturated heterocycles. The number of carboxylic acids is 1. The Balaban J connectivity index is 3.39. The predicted molar refractivity (Wildman–Crippen MR) is 99.4 cm³/mol. The number of carbonyl (C=O) groups is 1. The van der Waals surface area contributed by atoms with E-state index in [1.165, 1.54) is 12.8 Å². The third kappa shape index (κ3) is 20.4. The molecule has 0 aliphatic heterocycles. The Morgan fingerprint density at radius 2 is 1.17 bits per heavy atom. The van der Waals surface area contributed by atoms with Crippen molar-refractivity contribution in [1.82, 2.24) is 0 Å². The van der Waals surface area contributed by atoms with Gasteiger partial charge in [0.05, 0.1) is 0 Å². The predicted octanol–water partition coefficient (Wildman–Crippen LogP) is 5.16. The largest absolute Gasteiger partial charge is 0.481 e. The highest BCUT2D eigenvalue weighted by Gasteiger charge is 1.92. The van der Waals surface area contributed by atoms with Crippen LogP contribution in [0.2, 0.25) is 0 Å². The smallest absolute Gasteiger partial charge is 0.303 e. The molecule has 0 unspecified atom stereocenters. The molecule has 0 heterocycles. The van der Waals surface area contributed by atoms with Crippen molar-refractivity contribution < 1.29 is 9.90 Å². The van der Waals surface area contributed by atoms with E-state index in [1.807, 2.05) is 0 Å². The fraction of sp³-hybridized carbons (Fsp3) is 0.550. The molecule has 23 heavy (non-hydrogen) atoms.